The maximum atomic E-state index is 13.6. The van der Waals surface area contributed by atoms with Crippen molar-refractivity contribution in [1.82, 2.24) is 0 Å². The van der Waals surface area contributed by atoms with E-state index in [1.165, 1.54) is 0 Å². The molecule has 2 nitrogen and oxygen atoms in total. The monoisotopic (exact) mass is 255 g/mol. The lowest BCUT2D eigenvalue weighted by molar-refractivity contribution is 0.422. The molecule has 1 heterocycles. The SMILES string of the molecule is CCc1ccc(C(N)c2ccc(F)c(F)c2F)o1. The zero-order valence-electron chi connectivity index (χ0n) is 9.71. The van der Waals surface area contributed by atoms with Crippen molar-refractivity contribution in [3.8, 4) is 0 Å². The quantitative estimate of drug-likeness (QED) is 0.854. The van der Waals surface area contributed by atoms with Gasteiger partial charge in [-0.25, -0.2) is 13.2 Å². The molecule has 18 heavy (non-hydrogen) atoms. The highest BCUT2D eigenvalue weighted by Gasteiger charge is 2.21. The molecule has 0 radical (unpaired) electrons. The fraction of sp³-hybridized carbons (Fsp3) is 0.231. The van der Waals surface area contributed by atoms with Gasteiger partial charge in [-0.3, -0.25) is 0 Å². The lowest BCUT2D eigenvalue weighted by atomic mass is 10.0. The summed E-state index contributed by atoms with van der Waals surface area (Å²) in [7, 11) is 0. The van der Waals surface area contributed by atoms with Crippen LogP contribution in [0.3, 0.4) is 0 Å². The summed E-state index contributed by atoms with van der Waals surface area (Å²) in [4.78, 5) is 0. The van der Waals surface area contributed by atoms with E-state index >= 15 is 0 Å². The van der Waals surface area contributed by atoms with E-state index in [0.717, 1.165) is 12.1 Å². The molecule has 2 aromatic rings. The Balaban J connectivity index is 2.39. The van der Waals surface area contributed by atoms with E-state index in [9.17, 15) is 13.2 Å². The van der Waals surface area contributed by atoms with E-state index in [1.54, 1.807) is 12.1 Å². The first-order valence-corrected chi connectivity index (χ1v) is 5.52. The molecule has 0 spiro atoms. The molecular weight excluding hydrogens is 243 g/mol. The standard InChI is InChI=1S/C13H12F3NO/c1-2-7-3-6-10(18-7)13(17)8-4-5-9(14)12(16)11(8)15/h3-6,13H,2,17H2,1H3. The topological polar surface area (TPSA) is 39.2 Å². The number of rotatable bonds is 3. The molecule has 5 heteroatoms. The van der Waals surface area contributed by atoms with E-state index in [-0.39, 0.29) is 5.56 Å². The predicted molar refractivity (Wildman–Crippen MR) is 60.4 cm³/mol. The van der Waals surface area contributed by atoms with Gasteiger partial charge in [-0.05, 0) is 18.2 Å². The van der Waals surface area contributed by atoms with Crippen molar-refractivity contribution < 1.29 is 17.6 Å². The molecule has 0 aliphatic carbocycles. The summed E-state index contributed by atoms with van der Waals surface area (Å²) in [5, 5.41) is 0. The Bertz CT molecular complexity index is 565. The molecule has 1 aromatic carbocycles. The van der Waals surface area contributed by atoms with Gasteiger partial charge in [0.2, 0.25) is 0 Å². The number of hydrogen-bond acceptors (Lipinski definition) is 2. The van der Waals surface area contributed by atoms with Crippen molar-refractivity contribution >= 4 is 0 Å². The molecule has 0 aliphatic rings. The molecule has 1 aromatic heterocycles. The molecule has 2 N–H and O–H groups in total. The van der Waals surface area contributed by atoms with Crippen LogP contribution < -0.4 is 5.73 Å². The Morgan fingerprint density at radius 2 is 1.83 bits per heavy atom. The van der Waals surface area contributed by atoms with Crippen molar-refractivity contribution in [1.29, 1.82) is 0 Å². The van der Waals surface area contributed by atoms with Crippen molar-refractivity contribution in [3.63, 3.8) is 0 Å². The lowest BCUT2D eigenvalue weighted by Crippen LogP contribution is -2.14. The van der Waals surface area contributed by atoms with Gasteiger partial charge in [-0.1, -0.05) is 13.0 Å². The average Bonchev–Trinajstić information content (AvgIpc) is 2.84. The minimum Gasteiger partial charge on any atom is -0.464 e. The van der Waals surface area contributed by atoms with Crippen LogP contribution in [0.4, 0.5) is 13.2 Å². The van der Waals surface area contributed by atoms with Crippen LogP contribution in [0.25, 0.3) is 0 Å². The van der Waals surface area contributed by atoms with Crippen molar-refractivity contribution in [2.24, 2.45) is 5.73 Å². The van der Waals surface area contributed by atoms with Crippen LogP contribution in [-0.2, 0) is 6.42 Å². The van der Waals surface area contributed by atoms with Crippen LogP contribution in [0.2, 0.25) is 0 Å². The van der Waals surface area contributed by atoms with E-state index in [2.05, 4.69) is 0 Å². The highest BCUT2D eigenvalue weighted by molar-refractivity contribution is 5.29. The highest BCUT2D eigenvalue weighted by atomic mass is 19.2. The molecule has 0 amide bonds. The second-order valence-electron chi connectivity index (χ2n) is 3.90. The van der Waals surface area contributed by atoms with Gasteiger partial charge in [0.25, 0.3) is 0 Å². The Labute approximate surface area is 102 Å². The molecule has 1 unspecified atom stereocenters. The first-order valence-electron chi connectivity index (χ1n) is 5.52. The summed E-state index contributed by atoms with van der Waals surface area (Å²) < 4.78 is 44.8. The third-order valence-corrected chi connectivity index (χ3v) is 2.74. The van der Waals surface area contributed by atoms with E-state index in [1.807, 2.05) is 6.92 Å². The molecule has 2 rings (SSSR count). The normalized spacial score (nSPS) is 12.7. The van der Waals surface area contributed by atoms with Gasteiger partial charge in [0.15, 0.2) is 17.5 Å². The number of benzene rings is 1. The van der Waals surface area contributed by atoms with Crippen LogP contribution in [0, 0.1) is 17.5 Å². The second-order valence-corrected chi connectivity index (χ2v) is 3.90. The van der Waals surface area contributed by atoms with Crippen LogP contribution in [0.15, 0.2) is 28.7 Å². The number of nitrogens with two attached hydrogens (primary N) is 1. The smallest absolute Gasteiger partial charge is 0.194 e. The number of aryl methyl sites for hydroxylation is 1. The largest absolute Gasteiger partial charge is 0.464 e. The van der Waals surface area contributed by atoms with Gasteiger partial charge in [0.05, 0.1) is 6.04 Å². The molecule has 96 valence electrons. The predicted octanol–water partition coefficient (Wildman–Crippen LogP) is 3.31. The van der Waals surface area contributed by atoms with Gasteiger partial charge < -0.3 is 10.2 Å². The van der Waals surface area contributed by atoms with Gasteiger partial charge in [0.1, 0.15) is 11.5 Å². The molecule has 0 bridgehead atoms. The summed E-state index contributed by atoms with van der Waals surface area (Å²) >= 11 is 0. The Morgan fingerprint density at radius 3 is 2.44 bits per heavy atom. The van der Waals surface area contributed by atoms with E-state index in [4.69, 9.17) is 10.2 Å². The Hall–Kier alpha value is -1.75. The Kier molecular flexibility index (Phi) is 3.43. The molecule has 1 atom stereocenters. The highest BCUT2D eigenvalue weighted by Crippen LogP contribution is 2.26. The molecule has 0 saturated carbocycles. The first-order chi connectivity index (χ1) is 8.54. The van der Waals surface area contributed by atoms with Gasteiger partial charge >= 0.3 is 0 Å². The fourth-order valence-electron chi connectivity index (χ4n) is 1.69. The number of hydrogen-bond donors (Lipinski definition) is 1. The number of furan rings is 1. The third kappa shape index (κ3) is 2.13. The average molecular weight is 255 g/mol. The van der Waals surface area contributed by atoms with Crippen LogP contribution >= 0.6 is 0 Å². The molecule has 0 aliphatic heterocycles. The minimum absolute atomic E-state index is 0.133. The first kappa shape index (κ1) is 12.7. The van der Waals surface area contributed by atoms with Crippen molar-refractivity contribution in [2.45, 2.75) is 19.4 Å². The summed E-state index contributed by atoms with van der Waals surface area (Å²) in [6, 6.07) is 4.32. The zero-order chi connectivity index (χ0) is 13.3. The van der Waals surface area contributed by atoms with Crippen molar-refractivity contribution in [3.05, 3.63) is 58.8 Å². The van der Waals surface area contributed by atoms with Crippen LogP contribution in [-0.4, -0.2) is 0 Å². The van der Waals surface area contributed by atoms with Gasteiger partial charge in [-0.2, -0.15) is 0 Å². The molecule has 0 saturated heterocycles. The summed E-state index contributed by atoms with van der Waals surface area (Å²) in [6.45, 7) is 1.90. The van der Waals surface area contributed by atoms with Crippen LogP contribution in [0.1, 0.15) is 30.0 Å². The maximum absolute atomic E-state index is 13.6. The van der Waals surface area contributed by atoms with Gasteiger partial charge in [0, 0.05) is 12.0 Å². The summed E-state index contributed by atoms with van der Waals surface area (Å²) in [6.07, 6.45) is 0.674. The summed E-state index contributed by atoms with van der Waals surface area (Å²) in [5.74, 6) is -3.03. The number of halogens is 3. The third-order valence-electron chi connectivity index (χ3n) is 2.74. The minimum atomic E-state index is -1.52. The summed E-state index contributed by atoms with van der Waals surface area (Å²) in [5.41, 5.74) is 5.65. The fourth-order valence-corrected chi connectivity index (χ4v) is 1.69. The second kappa shape index (κ2) is 4.86. The van der Waals surface area contributed by atoms with Gasteiger partial charge in [-0.15, -0.1) is 0 Å². The van der Waals surface area contributed by atoms with Crippen molar-refractivity contribution in [2.75, 3.05) is 0 Å². The zero-order valence-corrected chi connectivity index (χ0v) is 9.71. The van der Waals surface area contributed by atoms with Crippen LogP contribution in [0.5, 0.6) is 0 Å². The maximum Gasteiger partial charge on any atom is 0.194 e. The Morgan fingerprint density at radius 1 is 1.11 bits per heavy atom. The van der Waals surface area contributed by atoms with E-state index < -0.39 is 23.5 Å². The molecular formula is C13H12F3NO. The lowest BCUT2D eigenvalue weighted by Gasteiger charge is -2.11. The molecule has 0 fully saturated rings. The van der Waals surface area contributed by atoms with E-state index in [0.29, 0.717) is 17.9 Å².